The van der Waals surface area contributed by atoms with E-state index in [-0.39, 0.29) is 12.0 Å². The molecule has 3 rings (SSSR count). The van der Waals surface area contributed by atoms with Crippen molar-refractivity contribution in [2.75, 3.05) is 13.2 Å². The molecule has 0 N–H and O–H groups in total. The molecule has 0 spiro atoms. The lowest BCUT2D eigenvalue weighted by Gasteiger charge is -2.25. The average Bonchev–Trinajstić information content (AvgIpc) is 3.22. The summed E-state index contributed by atoms with van der Waals surface area (Å²) in [7, 11) is 0. The number of hydrogen-bond donors (Lipinski definition) is 0. The fraction of sp³-hybridized carbons (Fsp3) is 0.455. The van der Waals surface area contributed by atoms with Crippen LogP contribution in [-0.4, -0.2) is 35.1 Å². The molecule has 1 atom stereocenters. The molecule has 1 aromatic heterocycles. The van der Waals surface area contributed by atoms with Crippen LogP contribution in [0.5, 0.6) is 5.75 Å². The molecule has 144 valence electrons. The van der Waals surface area contributed by atoms with E-state index in [0.29, 0.717) is 32.2 Å². The van der Waals surface area contributed by atoms with Gasteiger partial charge in [0.15, 0.2) is 0 Å². The number of hydrogen-bond acceptors (Lipinski definition) is 4. The van der Waals surface area contributed by atoms with Crippen LogP contribution in [0.4, 0.5) is 0 Å². The average molecular weight is 368 g/mol. The third-order valence-corrected chi connectivity index (χ3v) is 4.52. The van der Waals surface area contributed by atoms with E-state index in [1.54, 1.807) is 12.4 Å². The van der Waals surface area contributed by atoms with Gasteiger partial charge in [0.05, 0.1) is 6.61 Å². The first-order valence-electron chi connectivity index (χ1n) is 9.63. The van der Waals surface area contributed by atoms with E-state index in [2.05, 4.69) is 18.8 Å². The van der Waals surface area contributed by atoms with Crippen molar-refractivity contribution in [2.45, 2.75) is 45.9 Å². The highest BCUT2D eigenvalue weighted by atomic mass is 16.5. The second-order valence-corrected chi connectivity index (χ2v) is 7.40. The van der Waals surface area contributed by atoms with Gasteiger partial charge in [-0.3, -0.25) is 9.78 Å². The first kappa shape index (κ1) is 19.4. The van der Waals surface area contributed by atoms with Crippen molar-refractivity contribution >= 4 is 5.91 Å². The van der Waals surface area contributed by atoms with E-state index in [4.69, 9.17) is 9.47 Å². The quantitative estimate of drug-likeness (QED) is 0.711. The summed E-state index contributed by atoms with van der Waals surface area (Å²) in [6.45, 7) is 6.72. The van der Waals surface area contributed by atoms with Crippen LogP contribution in [0.25, 0.3) is 0 Å². The molecule has 5 heteroatoms. The molecule has 0 unspecified atom stereocenters. The fourth-order valence-corrected chi connectivity index (χ4v) is 3.07. The molecule has 1 aliphatic heterocycles. The minimum absolute atomic E-state index is 0.0597. The summed E-state index contributed by atoms with van der Waals surface area (Å²) in [5, 5.41) is 0. The minimum atomic E-state index is -0.319. The molecule has 0 saturated carbocycles. The van der Waals surface area contributed by atoms with Crippen LogP contribution in [0.2, 0.25) is 0 Å². The highest BCUT2D eigenvalue weighted by Crippen LogP contribution is 2.20. The standard InChI is InChI=1S/C22H28N2O3/c1-17(2)16-27-20-7-5-18(6-8-20)14-24(15-19-9-11-23-12-10-19)22(25)21-4-3-13-26-21/h5-12,17,21H,3-4,13-16H2,1-2H3/t21-/m0/s1. The summed E-state index contributed by atoms with van der Waals surface area (Å²) in [5.41, 5.74) is 2.14. The maximum absolute atomic E-state index is 13.0. The Morgan fingerprint density at radius 1 is 1.15 bits per heavy atom. The lowest BCUT2D eigenvalue weighted by atomic mass is 10.1. The fourth-order valence-electron chi connectivity index (χ4n) is 3.07. The lowest BCUT2D eigenvalue weighted by molar-refractivity contribution is -0.142. The zero-order chi connectivity index (χ0) is 19.1. The first-order chi connectivity index (χ1) is 13.1. The summed E-state index contributed by atoms with van der Waals surface area (Å²) >= 11 is 0. The number of pyridine rings is 1. The molecule has 27 heavy (non-hydrogen) atoms. The summed E-state index contributed by atoms with van der Waals surface area (Å²) in [4.78, 5) is 18.9. The van der Waals surface area contributed by atoms with Crippen LogP contribution >= 0.6 is 0 Å². The van der Waals surface area contributed by atoms with Crippen LogP contribution in [0.15, 0.2) is 48.8 Å². The summed E-state index contributed by atoms with van der Waals surface area (Å²) < 4.78 is 11.4. The number of carbonyl (C=O) groups is 1. The predicted octanol–water partition coefficient (Wildman–Crippen LogP) is 3.82. The number of nitrogens with zero attached hydrogens (tertiary/aromatic N) is 2. The highest BCUT2D eigenvalue weighted by molar-refractivity contribution is 5.81. The third-order valence-electron chi connectivity index (χ3n) is 4.52. The van der Waals surface area contributed by atoms with Crippen molar-refractivity contribution in [1.29, 1.82) is 0 Å². The number of aromatic nitrogens is 1. The molecule has 0 bridgehead atoms. The Hall–Kier alpha value is -2.40. The van der Waals surface area contributed by atoms with Crippen LogP contribution < -0.4 is 4.74 Å². The number of ether oxygens (including phenoxy) is 2. The van der Waals surface area contributed by atoms with Gasteiger partial charge in [0, 0.05) is 32.1 Å². The Balaban J connectivity index is 1.69. The molecule has 1 aromatic carbocycles. The minimum Gasteiger partial charge on any atom is -0.493 e. The normalized spacial score (nSPS) is 16.5. The molecular weight excluding hydrogens is 340 g/mol. The molecule has 0 radical (unpaired) electrons. The van der Waals surface area contributed by atoms with Gasteiger partial charge < -0.3 is 14.4 Å². The van der Waals surface area contributed by atoms with Gasteiger partial charge in [-0.15, -0.1) is 0 Å². The van der Waals surface area contributed by atoms with E-state index >= 15 is 0 Å². The van der Waals surface area contributed by atoms with Gasteiger partial charge in [-0.1, -0.05) is 26.0 Å². The molecule has 1 aliphatic rings. The Kier molecular flexibility index (Phi) is 6.82. The van der Waals surface area contributed by atoms with Crippen LogP contribution in [-0.2, 0) is 22.6 Å². The van der Waals surface area contributed by atoms with Crippen molar-refractivity contribution < 1.29 is 14.3 Å². The van der Waals surface area contributed by atoms with Crippen LogP contribution in [0.1, 0.15) is 37.8 Å². The number of rotatable bonds is 8. The van der Waals surface area contributed by atoms with Gasteiger partial charge in [0.25, 0.3) is 5.91 Å². The largest absolute Gasteiger partial charge is 0.493 e. The second-order valence-electron chi connectivity index (χ2n) is 7.40. The molecular formula is C22H28N2O3. The van der Waals surface area contributed by atoms with Gasteiger partial charge in [-0.05, 0) is 54.2 Å². The van der Waals surface area contributed by atoms with Crippen molar-refractivity contribution in [3.05, 3.63) is 59.9 Å². The molecule has 2 heterocycles. The Labute approximate surface area is 161 Å². The summed E-state index contributed by atoms with van der Waals surface area (Å²) in [6, 6.07) is 11.9. The van der Waals surface area contributed by atoms with Crippen molar-refractivity contribution in [3.8, 4) is 5.75 Å². The second kappa shape index (κ2) is 9.51. The molecule has 1 amide bonds. The Bertz CT molecular complexity index is 710. The van der Waals surface area contributed by atoms with Gasteiger partial charge in [-0.25, -0.2) is 0 Å². The van der Waals surface area contributed by atoms with Crippen molar-refractivity contribution in [3.63, 3.8) is 0 Å². The van der Waals surface area contributed by atoms with Crippen LogP contribution in [0.3, 0.4) is 0 Å². The zero-order valence-electron chi connectivity index (χ0n) is 16.1. The van der Waals surface area contributed by atoms with E-state index < -0.39 is 0 Å². The van der Waals surface area contributed by atoms with Crippen molar-refractivity contribution in [2.24, 2.45) is 5.92 Å². The zero-order valence-corrected chi connectivity index (χ0v) is 16.1. The first-order valence-corrected chi connectivity index (χ1v) is 9.63. The van der Waals surface area contributed by atoms with E-state index in [1.807, 2.05) is 41.3 Å². The van der Waals surface area contributed by atoms with Crippen molar-refractivity contribution in [1.82, 2.24) is 9.88 Å². The smallest absolute Gasteiger partial charge is 0.252 e. The predicted molar refractivity (Wildman–Crippen MR) is 104 cm³/mol. The third kappa shape index (κ3) is 5.79. The number of carbonyl (C=O) groups excluding carboxylic acids is 1. The Morgan fingerprint density at radius 3 is 2.41 bits per heavy atom. The van der Waals surface area contributed by atoms with Gasteiger partial charge in [-0.2, -0.15) is 0 Å². The highest BCUT2D eigenvalue weighted by Gasteiger charge is 2.28. The van der Waals surface area contributed by atoms with Gasteiger partial charge in [0.2, 0.25) is 0 Å². The van der Waals surface area contributed by atoms with Gasteiger partial charge >= 0.3 is 0 Å². The van der Waals surface area contributed by atoms with E-state index in [0.717, 1.165) is 29.7 Å². The molecule has 1 fully saturated rings. The van der Waals surface area contributed by atoms with Gasteiger partial charge in [0.1, 0.15) is 11.9 Å². The SMILES string of the molecule is CC(C)COc1ccc(CN(Cc2ccncc2)C(=O)[C@@H]2CCCO2)cc1. The monoisotopic (exact) mass is 368 g/mol. The molecule has 2 aromatic rings. The van der Waals surface area contributed by atoms with E-state index in [9.17, 15) is 4.79 Å². The number of benzene rings is 1. The maximum atomic E-state index is 13.0. The summed E-state index contributed by atoms with van der Waals surface area (Å²) in [5.74, 6) is 1.41. The molecule has 1 saturated heterocycles. The summed E-state index contributed by atoms with van der Waals surface area (Å²) in [6.07, 6.45) is 4.94. The topological polar surface area (TPSA) is 51.7 Å². The number of amides is 1. The Morgan fingerprint density at radius 2 is 1.81 bits per heavy atom. The maximum Gasteiger partial charge on any atom is 0.252 e. The molecule has 5 nitrogen and oxygen atoms in total. The van der Waals surface area contributed by atoms with Crippen LogP contribution in [0, 0.1) is 5.92 Å². The lowest BCUT2D eigenvalue weighted by Crippen LogP contribution is -2.38. The van der Waals surface area contributed by atoms with E-state index in [1.165, 1.54) is 0 Å². The molecule has 0 aliphatic carbocycles.